The Morgan fingerprint density at radius 1 is 1.13 bits per heavy atom. The van der Waals surface area contributed by atoms with Gasteiger partial charge in [-0.1, -0.05) is 23.9 Å². The monoisotopic (exact) mass is 423 g/mol. The Kier molecular flexibility index (Phi) is 6.89. The van der Waals surface area contributed by atoms with Crippen LogP contribution in [-0.2, 0) is 9.59 Å². The van der Waals surface area contributed by atoms with Crippen LogP contribution in [0.3, 0.4) is 0 Å². The number of nitrogens with zero attached hydrogens (tertiary/aromatic N) is 4. The van der Waals surface area contributed by atoms with Crippen LogP contribution in [0.25, 0.3) is 5.69 Å². The lowest BCUT2D eigenvalue weighted by Gasteiger charge is -2.17. The first-order valence-electron chi connectivity index (χ1n) is 9.54. The van der Waals surface area contributed by atoms with Crippen LogP contribution in [0.4, 0.5) is 5.82 Å². The van der Waals surface area contributed by atoms with Crippen molar-refractivity contribution in [1.29, 1.82) is 0 Å². The van der Waals surface area contributed by atoms with Crippen molar-refractivity contribution >= 4 is 29.4 Å². The van der Waals surface area contributed by atoms with Crippen LogP contribution >= 0.6 is 11.8 Å². The van der Waals surface area contributed by atoms with Gasteiger partial charge in [0.1, 0.15) is 5.82 Å². The third kappa shape index (κ3) is 5.27. The highest BCUT2D eigenvalue weighted by Crippen LogP contribution is 2.24. The number of aryl methyl sites for hydroxylation is 2. The number of carbonyl (C=O) groups is 2. The molecule has 156 valence electrons. The van der Waals surface area contributed by atoms with Crippen LogP contribution in [0.1, 0.15) is 16.7 Å². The standard InChI is InChI=1S/C22H25N5O2S/c1-15-8-9-23-19(12-15)25-20(28)13-26(4)21(29)14-30-22-24-10-11-27(22)18-7-5-6-16(2)17(18)3/h5-12H,13-14H2,1-4H3,(H,23,25,28). The molecule has 0 aliphatic rings. The first kappa shape index (κ1) is 21.6. The van der Waals surface area contributed by atoms with E-state index in [0.29, 0.717) is 5.82 Å². The quantitative estimate of drug-likeness (QED) is 0.589. The molecular weight excluding hydrogens is 398 g/mol. The third-order valence-corrected chi connectivity index (χ3v) is 5.71. The van der Waals surface area contributed by atoms with Gasteiger partial charge in [-0.2, -0.15) is 0 Å². The summed E-state index contributed by atoms with van der Waals surface area (Å²) in [4.78, 5) is 34.6. The van der Waals surface area contributed by atoms with Gasteiger partial charge in [0.15, 0.2) is 5.16 Å². The molecule has 8 heteroatoms. The van der Waals surface area contributed by atoms with Gasteiger partial charge in [-0.05, 0) is 55.7 Å². The first-order valence-corrected chi connectivity index (χ1v) is 10.5. The number of thioether (sulfide) groups is 1. The Balaban J connectivity index is 1.57. The third-order valence-electron chi connectivity index (χ3n) is 4.76. The van der Waals surface area contributed by atoms with Crippen LogP contribution in [0.2, 0.25) is 0 Å². The summed E-state index contributed by atoms with van der Waals surface area (Å²) in [5.41, 5.74) is 4.41. The molecule has 0 saturated carbocycles. The number of anilines is 1. The predicted octanol–water partition coefficient (Wildman–Crippen LogP) is 3.38. The summed E-state index contributed by atoms with van der Waals surface area (Å²) in [5.74, 6) is 0.230. The molecule has 0 bridgehead atoms. The molecule has 7 nitrogen and oxygen atoms in total. The highest BCUT2D eigenvalue weighted by Gasteiger charge is 2.16. The minimum absolute atomic E-state index is 0.0412. The molecule has 0 radical (unpaired) electrons. The lowest BCUT2D eigenvalue weighted by Crippen LogP contribution is -2.36. The fourth-order valence-corrected chi connectivity index (χ4v) is 3.81. The highest BCUT2D eigenvalue weighted by molar-refractivity contribution is 7.99. The minimum Gasteiger partial charge on any atom is -0.336 e. The van der Waals surface area contributed by atoms with E-state index < -0.39 is 0 Å². The maximum Gasteiger partial charge on any atom is 0.245 e. The summed E-state index contributed by atoms with van der Waals surface area (Å²) in [7, 11) is 1.61. The molecule has 0 unspecified atom stereocenters. The predicted molar refractivity (Wildman–Crippen MR) is 119 cm³/mol. The number of hydrogen-bond acceptors (Lipinski definition) is 5. The van der Waals surface area contributed by atoms with Crippen LogP contribution in [-0.4, -0.2) is 50.6 Å². The zero-order valence-electron chi connectivity index (χ0n) is 17.5. The molecule has 2 aromatic heterocycles. The first-order chi connectivity index (χ1) is 14.3. The second-order valence-corrected chi connectivity index (χ2v) is 8.05. The zero-order chi connectivity index (χ0) is 21.7. The van der Waals surface area contributed by atoms with E-state index in [9.17, 15) is 9.59 Å². The summed E-state index contributed by atoms with van der Waals surface area (Å²) in [6.45, 7) is 6.02. The normalized spacial score (nSPS) is 10.7. The summed E-state index contributed by atoms with van der Waals surface area (Å²) < 4.78 is 1.98. The van der Waals surface area contributed by atoms with E-state index in [2.05, 4.69) is 35.2 Å². The number of hydrogen-bond donors (Lipinski definition) is 1. The van der Waals surface area contributed by atoms with Gasteiger partial charge in [0, 0.05) is 25.6 Å². The summed E-state index contributed by atoms with van der Waals surface area (Å²) >= 11 is 1.35. The maximum atomic E-state index is 12.5. The summed E-state index contributed by atoms with van der Waals surface area (Å²) in [6.07, 6.45) is 5.25. The Morgan fingerprint density at radius 2 is 1.93 bits per heavy atom. The second-order valence-electron chi connectivity index (χ2n) is 7.10. The van der Waals surface area contributed by atoms with Crippen molar-refractivity contribution < 1.29 is 9.59 Å². The van der Waals surface area contributed by atoms with Gasteiger partial charge < -0.3 is 10.2 Å². The minimum atomic E-state index is -0.286. The number of rotatable bonds is 7. The SMILES string of the molecule is Cc1ccnc(NC(=O)CN(C)C(=O)CSc2nccn2-c2cccc(C)c2C)c1. The van der Waals surface area contributed by atoms with Gasteiger partial charge >= 0.3 is 0 Å². The molecule has 2 amide bonds. The van der Waals surface area contributed by atoms with Crippen molar-refractivity contribution in [1.82, 2.24) is 19.4 Å². The van der Waals surface area contributed by atoms with Gasteiger partial charge in [-0.15, -0.1) is 0 Å². The van der Waals surface area contributed by atoms with Crippen molar-refractivity contribution in [3.63, 3.8) is 0 Å². The number of carbonyl (C=O) groups excluding carboxylic acids is 2. The average molecular weight is 424 g/mol. The fourth-order valence-electron chi connectivity index (χ4n) is 2.90. The van der Waals surface area contributed by atoms with Crippen molar-refractivity contribution in [2.24, 2.45) is 0 Å². The van der Waals surface area contributed by atoms with Crippen LogP contribution in [0, 0.1) is 20.8 Å². The Morgan fingerprint density at radius 3 is 2.70 bits per heavy atom. The molecule has 0 spiro atoms. The molecule has 0 saturated heterocycles. The van der Waals surface area contributed by atoms with Gasteiger partial charge in [0.2, 0.25) is 11.8 Å². The van der Waals surface area contributed by atoms with Crippen LogP contribution < -0.4 is 5.32 Å². The molecule has 0 aliphatic carbocycles. The van der Waals surface area contributed by atoms with E-state index in [1.54, 1.807) is 25.5 Å². The van der Waals surface area contributed by atoms with Crippen LogP contribution in [0.15, 0.2) is 54.1 Å². The molecule has 2 heterocycles. The van der Waals surface area contributed by atoms with Gasteiger partial charge in [0.25, 0.3) is 0 Å². The topological polar surface area (TPSA) is 80.1 Å². The lowest BCUT2D eigenvalue weighted by molar-refractivity contribution is -0.131. The second kappa shape index (κ2) is 9.58. The van der Waals surface area contributed by atoms with Gasteiger partial charge in [-0.25, -0.2) is 9.97 Å². The Bertz CT molecular complexity index is 1060. The number of pyridine rings is 1. The van der Waals surface area contributed by atoms with Crippen molar-refractivity contribution in [3.05, 3.63) is 65.6 Å². The highest BCUT2D eigenvalue weighted by atomic mass is 32.2. The average Bonchev–Trinajstić information content (AvgIpc) is 3.16. The summed E-state index contributed by atoms with van der Waals surface area (Å²) in [6, 6.07) is 9.74. The molecule has 0 atom stereocenters. The van der Waals surface area contributed by atoms with E-state index in [-0.39, 0.29) is 24.1 Å². The molecule has 1 aromatic carbocycles. The number of likely N-dealkylation sites (N-methyl/N-ethyl adjacent to an activating group) is 1. The van der Waals surface area contributed by atoms with E-state index in [0.717, 1.165) is 16.4 Å². The molecule has 0 aliphatic heterocycles. The maximum absolute atomic E-state index is 12.5. The van der Waals surface area contributed by atoms with E-state index >= 15 is 0 Å². The number of amides is 2. The van der Waals surface area contributed by atoms with Crippen LogP contribution in [0.5, 0.6) is 0 Å². The Hall–Kier alpha value is -3.13. The van der Waals surface area contributed by atoms with E-state index in [4.69, 9.17) is 0 Å². The number of imidazole rings is 1. The van der Waals surface area contributed by atoms with Crippen molar-refractivity contribution in [2.45, 2.75) is 25.9 Å². The number of aromatic nitrogens is 3. The van der Waals surface area contributed by atoms with E-state index in [1.807, 2.05) is 35.9 Å². The summed E-state index contributed by atoms with van der Waals surface area (Å²) in [5, 5.41) is 3.45. The smallest absolute Gasteiger partial charge is 0.245 e. The molecular formula is C22H25N5O2S. The van der Waals surface area contributed by atoms with Crippen molar-refractivity contribution in [3.8, 4) is 5.69 Å². The number of nitrogens with one attached hydrogen (secondary N) is 1. The zero-order valence-corrected chi connectivity index (χ0v) is 18.4. The lowest BCUT2D eigenvalue weighted by atomic mass is 10.1. The molecule has 30 heavy (non-hydrogen) atoms. The molecule has 1 N–H and O–H groups in total. The molecule has 3 rings (SSSR count). The van der Waals surface area contributed by atoms with E-state index in [1.165, 1.54) is 27.8 Å². The van der Waals surface area contributed by atoms with Gasteiger partial charge in [-0.3, -0.25) is 14.2 Å². The molecule has 0 fully saturated rings. The largest absolute Gasteiger partial charge is 0.336 e. The Labute approximate surface area is 180 Å². The fraction of sp³-hybridized carbons (Fsp3) is 0.273. The van der Waals surface area contributed by atoms with Crippen molar-refractivity contribution in [2.75, 3.05) is 24.7 Å². The molecule has 3 aromatic rings. The number of benzene rings is 1. The van der Waals surface area contributed by atoms with Gasteiger partial charge in [0.05, 0.1) is 18.0 Å².